The Morgan fingerprint density at radius 3 is 1.86 bits per heavy atom. The van der Waals surface area contributed by atoms with Gasteiger partial charge in [-0.1, -0.05) is 156 Å². The Morgan fingerprint density at radius 2 is 1.24 bits per heavy atom. The van der Waals surface area contributed by atoms with Crippen molar-refractivity contribution in [3.63, 3.8) is 0 Å². The van der Waals surface area contributed by atoms with Crippen molar-refractivity contribution < 1.29 is 28.1 Å². The fourth-order valence-corrected chi connectivity index (χ4v) is 10.9. The number of hydrogen-bond donors (Lipinski definition) is 2. The second kappa shape index (κ2) is 36.6. The van der Waals surface area contributed by atoms with Crippen molar-refractivity contribution >= 4 is 10.6 Å². The van der Waals surface area contributed by atoms with Gasteiger partial charge in [0.2, 0.25) is 6.29 Å². The van der Waals surface area contributed by atoms with E-state index in [-0.39, 0.29) is 25.1 Å². The summed E-state index contributed by atoms with van der Waals surface area (Å²) in [6.07, 6.45) is 44.3. The standard InChI is InChI=1S/C58H109NO6S/c1-11-12-13-14-15-16-17-18-19-20-21-22-23-24-27-38-56(65-66(9,10)62-47-29-26-25-28-42-59(43-45-60)44-46-61)63-55-48-54-39-41-58(8,64-57(54)53(7)52(55)6)40-32-37-51(5)36-31-35-50(4)34-30-33-49(2)3/h18-19,48-51,56,60-61H,11-17,20-47H2,1-10H3/b19-18-. The van der Waals surface area contributed by atoms with Crippen molar-refractivity contribution in [2.24, 2.45) is 17.8 Å². The zero-order valence-corrected chi connectivity index (χ0v) is 46.0. The van der Waals surface area contributed by atoms with E-state index < -0.39 is 10.6 Å². The van der Waals surface area contributed by atoms with Crippen LogP contribution in [0.3, 0.4) is 0 Å². The second-order valence-electron chi connectivity index (χ2n) is 21.7. The van der Waals surface area contributed by atoms with Crippen molar-refractivity contribution in [2.45, 2.75) is 253 Å². The van der Waals surface area contributed by atoms with Gasteiger partial charge in [-0.2, -0.15) is 10.6 Å². The molecule has 7 nitrogen and oxygen atoms in total. The Balaban J connectivity index is 1.94. The van der Waals surface area contributed by atoms with Crippen LogP contribution in [-0.2, 0) is 14.8 Å². The summed E-state index contributed by atoms with van der Waals surface area (Å²) >= 11 is 0. The van der Waals surface area contributed by atoms with E-state index >= 15 is 0 Å². The van der Waals surface area contributed by atoms with Gasteiger partial charge in [0.05, 0.1) is 19.8 Å². The van der Waals surface area contributed by atoms with E-state index in [4.69, 9.17) is 17.8 Å². The summed E-state index contributed by atoms with van der Waals surface area (Å²) in [7, 11) is -1.80. The Kier molecular flexibility index (Phi) is 33.8. The van der Waals surface area contributed by atoms with Crippen LogP contribution in [0.15, 0.2) is 18.2 Å². The van der Waals surface area contributed by atoms with Crippen molar-refractivity contribution in [2.75, 3.05) is 52.0 Å². The third-order valence-corrected chi connectivity index (χ3v) is 15.7. The summed E-state index contributed by atoms with van der Waals surface area (Å²) in [6.45, 7) is 21.7. The normalized spacial score (nSPS) is 17.1. The number of rotatable bonds is 43. The van der Waals surface area contributed by atoms with Gasteiger partial charge in [-0.3, -0.25) is 9.08 Å². The molecular formula is C58H109NO6S. The molecule has 1 aliphatic heterocycles. The van der Waals surface area contributed by atoms with Crippen molar-refractivity contribution in [1.29, 1.82) is 0 Å². The molecule has 8 heteroatoms. The SMILES string of the molecule is CCCCCCCC/C=C\CCCCCCCC(Oc1cc2c(c(C)c1C)OC(C)(CCCC(C)CCCC(C)CCCC(C)C)CC2)OS(C)(C)OCCCCCCN(CCO)CCO. The number of hydrogen-bond acceptors (Lipinski definition) is 7. The van der Waals surface area contributed by atoms with Gasteiger partial charge in [0, 0.05) is 32.0 Å². The minimum atomic E-state index is -1.80. The predicted octanol–water partition coefficient (Wildman–Crippen LogP) is 16.3. The maximum absolute atomic E-state index is 9.32. The first-order valence-electron chi connectivity index (χ1n) is 27.9. The number of aryl methyl sites for hydroxylation is 1. The third-order valence-electron chi connectivity index (χ3n) is 14.3. The summed E-state index contributed by atoms with van der Waals surface area (Å²) in [5.74, 6) is 4.46. The molecule has 0 spiro atoms. The van der Waals surface area contributed by atoms with Gasteiger partial charge in [0.25, 0.3) is 0 Å². The maximum atomic E-state index is 9.32. The molecule has 0 amide bonds. The Labute approximate surface area is 411 Å². The number of aliphatic hydroxyl groups excluding tert-OH is 2. The number of unbranched alkanes of at least 4 members (excludes halogenated alkanes) is 14. The summed E-state index contributed by atoms with van der Waals surface area (Å²) < 4.78 is 27.1. The van der Waals surface area contributed by atoms with Crippen molar-refractivity contribution in [3.05, 3.63) is 34.9 Å². The Bertz CT molecular complexity index is 1360. The zero-order valence-electron chi connectivity index (χ0n) is 45.2. The van der Waals surface area contributed by atoms with Crippen LogP contribution in [0.2, 0.25) is 0 Å². The molecule has 1 aromatic carbocycles. The van der Waals surface area contributed by atoms with E-state index in [0.29, 0.717) is 19.7 Å². The molecule has 66 heavy (non-hydrogen) atoms. The largest absolute Gasteiger partial charge is 0.487 e. The monoisotopic (exact) mass is 948 g/mol. The maximum Gasteiger partial charge on any atom is 0.220 e. The van der Waals surface area contributed by atoms with Crippen molar-refractivity contribution in [1.82, 2.24) is 4.90 Å². The van der Waals surface area contributed by atoms with Gasteiger partial charge in [0.15, 0.2) is 0 Å². The van der Waals surface area contributed by atoms with Crippen LogP contribution >= 0.6 is 10.6 Å². The second-order valence-corrected chi connectivity index (χ2v) is 24.4. The van der Waals surface area contributed by atoms with Crippen molar-refractivity contribution in [3.8, 4) is 11.5 Å². The molecule has 0 radical (unpaired) electrons. The molecule has 2 rings (SSSR count). The highest BCUT2D eigenvalue weighted by atomic mass is 32.3. The predicted molar refractivity (Wildman–Crippen MR) is 287 cm³/mol. The van der Waals surface area contributed by atoms with Crippen LogP contribution in [0, 0.1) is 31.6 Å². The fraction of sp³-hybridized carbons (Fsp3) is 0.862. The molecular weight excluding hydrogens is 839 g/mol. The van der Waals surface area contributed by atoms with Gasteiger partial charge in [-0.25, -0.2) is 4.18 Å². The molecule has 388 valence electrons. The molecule has 4 unspecified atom stereocenters. The Hall–Kier alpha value is -1.29. The van der Waals surface area contributed by atoms with E-state index in [2.05, 4.69) is 91.0 Å². The third kappa shape index (κ3) is 28.4. The average molecular weight is 949 g/mol. The molecule has 0 saturated heterocycles. The van der Waals surface area contributed by atoms with E-state index in [1.807, 2.05) is 0 Å². The number of benzene rings is 1. The molecule has 2 N–H and O–H groups in total. The minimum absolute atomic E-state index is 0.127. The molecule has 1 heterocycles. The highest BCUT2D eigenvalue weighted by molar-refractivity contribution is 8.24. The van der Waals surface area contributed by atoms with Gasteiger partial charge in [-0.05, 0) is 138 Å². The summed E-state index contributed by atoms with van der Waals surface area (Å²) in [6, 6.07) is 2.25. The van der Waals surface area contributed by atoms with Crippen LogP contribution in [0.5, 0.6) is 11.5 Å². The first-order valence-corrected chi connectivity index (χ1v) is 30.2. The first kappa shape index (κ1) is 60.8. The average Bonchev–Trinajstić information content (AvgIpc) is 3.26. The van der Waals surface area contributed by atoms with Crippen LogP contribution in [0.25, 0.3) is 0 Å². The Morgan fingerprint density at radius 1 is 0.682 bits per heavy atom. The minimum Gasteiger partial charge on any atom is -0.487 e. The lowest BCUT2D eigenvalue weighted by Gasteiger charge is -2.39. The summed E-state index contributed by atoms with van der Waals surface area (Å²) in [5.41, 5.74) is 3.48. The van der Waals surface area contributed by atoms with Crippen LogP contribution < -0.4 is 9.47 Å². The number of aliphatic hydroxyl groups is 2. The number of nitrogens with zero attached hydrogens (tertiary/aromatic N) is 1. The molecule has 1 aliphatic rings. The van der Waals surface area contributed by atoms with Gasteiger partial charge < -0.3 is 19.7 Å². The smallest absolute Gasteiger partial charge is 0.220 e. The summed E-state index contributed by atoms with van der Waals surface area (Å²) in [5, 5.41) is 18.6. The van der Waals surface area contributed by atoms with E-state index in [9.17, 15) is 10.2 Å². The molecule has 4 atom stereocenters. The molecule has 0 bridgehead atoms. The molecule has 0 saturated carbocycles. The topological polar surface area (TPSA) is 80.6 Å². The van der Waals surface area contributed by atoms with E-state index in [1.54, 1.807) is 0 Å². The van der Waals surface area contributed by atoms with E-state index in [0.717, 1.165) is 99.1 Å². The highest BCUT2D eigenvalue weighted by Gasteiger charge is 2.34. The van der Waals surface area contributed by atoms with Gasteiger partial charge in [0.1, 0.15) is 17.1 Å². The first-order chi connectivity index (χ1) is 31.7. The number of allylic oxidation sites excluding steroid dienone is 2. The molecule has 0 fully saturated rings. The zero-order chi connectivity index (χ0) is 48.5. The summed E-state index contributed by atoms with van der Waals surface area (Å²) in [4.78, 5) is 2.13. The number of fused-ring (bicyclic) bond motifs is 1. The van der Waals surface area contributed by atoms with Crippen LogP contribution in [0.4, 0.5) is 0 Å². The van der Waals surface area contributed by atoms with E-state index in [1.165, 1.54) is 140 Å². The fourth-order valence-electron chi connectivity index (χ4n) is 9.66. The molecule has 1 aromatic rings. The van der Waals surface area contributed by atoms with Crippen LogP contribution in [0.1, 0.15) is 238 Å². The molecule has 0 aliphatic carbocycles. The lowest BCUT2D eigenvalue weighted by Crippen LogP contribution is -2.37. The van der Waals surface area contributed by atoms with Crippen LogP contribution in [-0.4, -0.2) is 79.0 Å². The number of ether oxygens (including phenoxy) is 2. The lowest BCUT2D eigenvalue weighted by molar-refractivity contribution is -0.00139. The molecule has 0 aromatic heterocycles. The van der Waals surface area contributed by atoms with Gasteiger partial charge >= 0.3 is 0 Å². The quantitative estimate of drug-likeness (QED) is 0.0383. The van der Waals surface area contributed by atoms with Gasteiger partial charge in [-0.15, -0.1) is 0 Å². The lowest BCUT2D eigenvalue weighted by atomic mass is 9.85. The highest BCUT2D eigenvalue weighted by Crippen LogP contribution is 2.47.